The van der Waals surface area contributed by atoms with Gasteiger partial charge in [-0.2, -0.15) is 0 Å². The molecule has 0 aromatic heterocycles. The van der Waals surface area contributed by atoms with Crippen LogP contribution in [0.15, 0.2) is 48.5 Å². The van der Waals surface area contributed by atoms with E-state index in [1.54, 1.807) is 43.5 Å². The summed E-state index contributed by atoms with van der Waals surface area (Å²) >= 11 is 5.79. The summed E-state index contributed by atoms with van der Waals surface area (Å²) < 4.78 is 5.08. The zero-order valence-electron chi connectivity index (χ0n) is 12.6. The van der Waals surface area contributed by atoms with Gasteiger partial charge in [0.2, 0.25) is 5.91 Å². The smallest absolute Gasteiger partial charge is 0.251 e. The summed E-state index contributed by atoms with van der Waals surface area (Å²) in [5.41, 5.74) is 6.67. The van der Waals surface area contributed by atoms with Gasteiger partial charge in [-0.1, -0.05) is 23.7 Å². The summed E-state index contributed by atoms with van der Waals surface area (Å²) in [6.07, 6.45) is 0.304. The lowest BCUT2D eigenvalue weighted by Crippen LogP contribution is -2.45. The molecule has 0 saturated heterocycles. The minimum Gasteiger partial charge on any atom is -0.497 e. The first-order valence-electron chi connectivity index (χ1n) is 6.98. The first-order chi connectivity index (χ1) is 11.0. The van der Waals surface area contributed by atoms with E-state index in [0.29, 0.717) is 17.0 Å². The van der Waals surface area contributed by atoms with E-state index in [1.807, 2.05) is 12.1 Å². The zero-order valence-corrected chi connectivity index (χ0v) is 13.3. The van der Waals surface area contributed by atoms with Crippen molar-refractivity contribution in [3.8, 4) is 5.75 Å². The third kappa shape index (κ3) is 4.72. The number of benzene rings is 2. The Kier molecular flexibility index (Phi) is 5.60. The van der Waals surface area contributed by atoms with Gasteiger partial charge in [0.1, 0.15) is 11.8 Å². The number of hydrogen-bond donors (Lipinski definition) is 2. The van der Waals surface area contributed by atoms with Gasteiger partial charge in [-0.3, -0.25) is 9.59 Å². The van der Waals surface area contributed by atoms with Gasteiger partial charge < -0.3 is 15.8 Å². The van der Waals surface area contributed by atoms with Crippen LogP contribution in [0.25, 0.3) is 0 Å². The van der Waals surface area contributed by atoms with Crippen LogP contribution in [-0.2, 0) is 11.2 Å². The number of nitrogens with one attached hydrogen (secondary N) is 1. The van der Waals surface area contributed by atoms with Gasteiger partial charge in [-0.15, -0.1) is 0 Å². The number of rotatable bonds is 6. The third-order valence-corrected chi connectivity index (χ3v) is 3.61. The standard InChI is InChI=1S/C17H17ClN2O3/c1-23-14-8-2-11(3-9-14)10-15(16(19)21)20-17(22)12-4-6-13(18)7-5-12/h2-9,15H,10H2,1H3,(H2,19,21)(H,20,22)/t15-/m1/s1. The Morgan fingerprint density at radius 1 is 1.13 bits per heavy atom. The molecular formula is C17H17ClN2O3. The minimum atomic E-state index is -0.799. The largest absolute Gasteiger partial charge is 0.497 e. The molecule has 0 saturated carbocycles. The van der Waals surface area contributed by atoms with Gasteiger partial charge in [-0.25, -0.2) is 0 Å². The van der Waals surface area contributed by atoms with E-state index in [0.717, 1.165) is 11.3 Å². The average molecular weight is 333 g/mol. The summed E-state index contributed by atoms with van der Waals surface area (Å²) in [6.45, 7) is 0. The topological polar surface area (TPSA) is 81.4 Å². The summed E-state index contributed by atoms with van der Waals surface area (Å²) in [4.78, 5) is 23.8. The number of hydrogen-bond acceptors (Lipinski definition) is 3. The fourth-order valence-corrected chi connectivity index (χ4v) is 2.19. The van der Waals surface area contributed by atoms with Gasteiger partial charge in [0.25, 0.3) is 5.91 Å². The van der Waals surface area contributed by atoms with E-state index in [2.05, 4.69) is 5.32 Å². The van der Waals surface area contributed by atoms with Crippen LogP contribution < -0.4 is 15.8 Å². The number of nitrogens with two attached hydrogens (primary N) is 1. The Bertz CT molecular complexity index is 684. The Labute approximate surface area is 139 Å². The maximum Gasteiger partial charge on any atom is 0.251 e. The predicted octanol–water partition coefficient (Wildman–Crippen LogP) is 2.17. The van der Waals surface area contributed by atoms with Gasteiger partial charge in [0, 0.05) is 17.0 Å². The van der Waals surface area contributed by atoms with Gasteiger partial charge in [0.05, 0.1) is 7.11 Å². The van der Waals surface area contributed by atoms with Crippen molar-refractivity contribution in [3.05, 3.63) is 64.7 Å². The molecule has 0 aliphatic rings. The lowest BCUT2D eigenvalue weighted by molar-refractivity contribution is -0.119. The van der Waals surface area contributed by atoms with Crippen LogP contribution in [0.5, 0.6) is 5.75 Å². The molecule has 5 nitrogen and oxygen atoms in total. The van der Waals surface area contributed by atoms with Crippen LogP contribution >= 0.6 is 11.6 Å². The Morgan fingerprint density at radius 2 is 1.74 bits per heavy atom. The number of primary amides is 1. The molecule has 2 amide bonds. The third-order valence-electron chi connectivity index (χ3n) is 3.35. The van der Waals surface area contributed by atoms with Crippen LogP contribution in [-0.4, -0.2) is 25.0 Å². The first-order valence-corrected chi connectivity index (χ1v) is 7.36. The van der Waals surface area contributed by atoms with Gasteiger partial charge in [0.15, 0.2) is 0 Å². The van der Waals surface area contributed by atoms with Crippen molar-refractivity contribution >= 4 is 23.4 Å². The van der Waals surface area contributed by atoms with Crippen molar-refractivity contribution in [3.63, 3.8) is 0 Å². The highest BCUT2D eigenvalue weighted by Crippen LogP contribution is 2.13. The highest BCUT2D eigenvalue weighted by molar-refractivity contribution is 6.30. The second-order valence-corrected chi connectivity index (χ2v) is 5.42. The SMILES string of the molecule is COc1ccc(C[C@@H](NC(=O)c2ccc(Cl)cc2)C(N)=O)cc1. The molecule has 0 heterocycles. The van der Waals surface area contributed by atoms with E-state index >= 15 is 0 Å². The molecule has 2 rings (SSSR count). The fourth-order valence-electron chi connectivity index (χ4n) is 2.06. The predicted molar refractivity (Wildman–Crippen MR) is 88.6 cm³/mol. The van der Waals surface area contributed by atoms with Crippen LogP contribution in [0, 0.1) is 0 Å². The molecule has 6 heteroatoms. The summed E-state index contributed by atoms with van der Waals surface area (Å²) in [7, 11) is 1.58. The van der Waals surface area contributed by atoms with E-state index in [1.165, 1.54) is 0 Å². The minimum absolute atomic E-state index is 0.304. The Balaban J connectivity index is 2.07. The normalized spacial score (nSPS) is 11.6. The number of halogens is 1. The average Bonchev–Trinajstić information content (AvgIpc) is 2.55. The fraction of sp³-hybridized carbons (Fsp3) is 0.176. The number of carbonyl (C=O) groups excluding carboxylic acids is 2. The number of methoxy groups -OCH3 is 1. The molecule has 0 spiro atoms. The second-order valence-electron chi connectivity index (χ2n) is 4.99. The molecule has 2 aromatic rings. The van der Waals surface area contributed by atoms with Crippen LogP contribution in [0.4, 0.5) is 0 Å². The monoisotopic (exact) mass is 332 g/mol. The molecule has 0 aliphatic carbocycles. The Morgan fingerprint density at radius 3 is 2.26 bits per heavy atom. The van der Waals surface area contributed by atoms with E-state index in [-0.39, 0.29) is 5.91 Å². The highest BCUT2D eigenvalue weighted by atomic mass is 35.5. The maximum atomic E-state index is 12.2. The van der Waals surface area contributed by atoms with Gasteiger partial charge in [-0.05, 0) is 42.0 Å². The van der Waals surface area contributed by atoms with Crippen molar-refractivity contribution in [2.75, 3.05) is 7.11 Å². The second kappa shape index (κ2) is 7.65. The summed E-state index contributed by atoms with van der Waals surface area (Å²) in [6, 6.07) is 12.8. The molecule has 0 radical (unpaired) electrons. The van der Waals surface area contributed by atoms with E-state index in [4.69, 9.17) is 22.1 Å². The summed E-state index contributed by atoms with van der Waals surface area (Å²) in [5.74, 6) is -0.253. The quantitative estimate of drug-likeness (QED) is 0.850. The Hall–Kier alpha value is -2.53. The first kappa shape index (κ1) is 16.8. The number of carbonyl (C=O) groups is 2. The highest BCUT2D eigenvalue weighted by Gasteiger charge is 2.19. The van der Waals surface area contributed by atoms with E-state index < -0.39 is 11.9 Å². The summed E-state index contributed by atoms with van der Waals surface area (Å²) in [5, 5.41) is 3.18. The zero-order chi connectivity index (χ0) is 16.8. The van der Waals surface area contributed by atoms with Crippen molar-refractivity contribution in [1.82, 2.24) is 5.32 Å². The molecule has 23 heavy (non-hydrogen) atoms. The molecule has 0 unspecified atom stereocenters. The molecular weight excluding hydrogens is 316 g/mol. The molecule has 0 aliphatic heterocycles. The van der Waals surface area contributed by atoms with E-state index in [9.17, 15) is 9.59 Å². The maximum absolute atomic E-state index is 12.2. The molecule has 2 aromatic carbocycles. The van der Waals surface area contributed by atoms with Crippen LogP contribution in [0.3, 0.4) is 0 Å². The van der Waals surface area contributed by atoms with Crippen LogP contribution in [0.2, 0.25) is 5.02 Å². The van der Waals surface area contributed by atoms with Gasteiger partial charge >= 0.3 is 0 Å². The molecule has 0 bridgehead atoms. The van der Waals surface area contributed by atoms with Crippen molar-refractivity contribution in [1.29, 1.82) is 0 Å². The molecule has 120 valence electrons. The van der Waals surface area contributed by atoms with Crippen molar-refractivity contribution in [2.24, 2.45) is 5.73 Å². The van der Waals surface area contributed by atoms with Crippen molar-refractivity contribution in [2.45, 2.75) is 12.5 Å². The van der Waals surface area contributed by atoms with Crippen LogP contribution in [0.1, 0.15) is 15.9 Å². The lowest BCUT2D eigenvalue weighted by atomic mass is 10.0. The molecule has 1 atom stereocenters. The number of ether oxygens (including phenoxy) is 1. The number of amides is 2. The molecule has 0 fully saturated rings. The molecule has 3 N–H and O–H groups in total. The lowest BCUT2D eigenvalue weighted by Gasteiger charge is -2.16. The van der Waals surface area contributed by atoms with Crippen molar-refractivity contribution < 1.29 is 14.3 Å².